The lowest BCUT2D eigenvalue weighted by molar-refractivity contribution is -0.384. The number of halogens is 1. The molecule has 2 rings (SSSR count). The number of carbonyl (C=O) groups is 1. The molecule has 0 aliphatic carbocycles. The quantitative estimate of drug-likeness (QED) is 0.389. The maximum Gasteiger partial charge on any atom is 0.289 e. The summed E-state index contributed by atoms with van der Waals surface area (Å²) in [5.41, 5.74) is -0.223. The first-order valence-electron chi connectivity index (χ1n) is 6.70. The molecule has 1 aromatic rings. The van der Waals surface area contributed by atoms with Gasteiger partial charge in [0.2, 0.25) is 0 Å². The largest absolute Gasteiger partial charge is 0.378 e. The zero-order chi connectivity index (χ0) is 16.8. The minimum Gasteiger partial charge on any atom is -0.378 e. The molecule has 1 amide bonds. The van der Waals surface area contributed by atoms with Gasteiger partial charge in [0.05, 0.1) is 18.1 Å². The van der Waals surface area contributed by atoms with E-state index in [2.05, 4.69) is 5.32 Å². The fourth-order valence-electron chi connectivity index (χ4n) is 1.96. The van der Waals surface area contributed by atoms with Crippen molar-refractivity contribution in [3.05, 3.63) is 45.1 Å². The first-order chi connectivity index (χ1) is 11.0. The van der Waals surface area contributed by atoms with Crippen molar-refractivity contribution in [3.63, 3.8) is 0 Å². The summed E-state index contributed by atoms with van der Waals surface area (Å²) >= 11 is 5.71. The van der Waals surface area contributed by atoms with E-state index in [1.165, 1.54) is 18.3 Å². The lowest BCUT2D eigenvalue weighted by Crippen LogP contribution is -2.33. The molecule has 1 saturated heterocycles. The van der Waals surface area contributed by atoms with Crippen LogP contribution in [0.25, 0.3) is 0 Å². The van der Waals surface area contributed by atoms with E-state index in [0.717, 1.165) is 6.07 Å². The normalized spacial score (nSPS) is 15.0. The van der Waals surface area contributed by atoms with Crippen molar-refractivity contribution in [2.45, 2.75) is 0 Å². The number of nitro groups is 1. The van der Waals surface area contributed by atoms with Gasteiger partial charge >= 0.3 is 0 Å². The second-order valence-electron chi connectivity index (χ2n) is 4.68. The molecule has 0 atom stereocenters. The van der Waals surface area contributed by atoms with E-state index >= 15 is 0 Å². The number of benzene rings is 1. The van der Waals surface area contributed by atoms with Crippen LogP contribution in [0.5, 0.6) is 0 Å². The molecule has 8 nitrogen and oxygen atoms in total. The SMILES string of the molecule is N#C/C(=C/N1CCOCC1)C(=O)Nc1ccc(Cl)c([N+](=O)[O-])c1. The molecule has 120 valence electrons. The van der Waals surface area contributed by atoms with Crippen LogP contribution in [0.2, 0.25) is 5.02 Å². The number of nitriles is 1. The van der Waals surface area contributed by atoms with E-state index in [1.54, 1.807) is 0 Å². The number of ether oxygens (including phenoxy) is 1. The molecule has 0 saturated carbocycles. The van der Waals surface area contributed by atoms with Gasteiger partial charge in [-0.05, 0) is 12.1 Å². The number of amides is 1. The predicted molar refractivity (Wildman–Crippen MR) is 82.8 cm³/mol. The average molecular weight is 337 g/mol. The summed E-state index contributed by atoms with van der Waals surface area (Å²) in [5.74, 6) is -0.643. The molecule has 0 radical (unpaired) electrons. The van der Waals surface area contributed by atoms with E-state index in [9.17, 15) is 14.9 Å². The maximum atomic E-state index is 12.1. The predicted octanol–water partition coefficient (Wildman–Crippen LogP) is 1.93. The van der Waals surface area contributed by atoms with Crippen LogP contribution < -0.4 is 5.32 Å². The Morgan fingerprint density at radius 1 is 1.48 bits per heavy atom. The summed E-state index contributed by atoms with van der Waals surface area (Å²) in [5, 5.41) is 22.4. The number of morpholine rings is 1. The highest BCUT2D eigenvalue weighted by Crippen LogP contribution is 2.27. The third-order valence-electron chi connectivity index (χ3n) is 3.12. The van der Waals surface area contributed by atoms with Crippen LogP contribution in [0.3, 0.4) is 0 Å². The van der Waals surface area contributed by atoms with Crippen molar-refractivity contribution >= 4 is 28.9 Å². The highest BCUT2D eigenvalue weighted by atomic mass is 35.5. The van der Waals surface area contributed by atoms with Crippen molar-refractivity contribution in [2.75, 3.05) is 31.6 Å². The third kappa shape index (κ3) is 4.42. The van der Waals surface area contributed by atoms with Crippen LogP contribution in [-0.2, 0) is 9.53 Å². The van der Waals surface area contributed by atoms with Gasteiger partial charge in [0.25, 0.3) is 11.6 Å². The number of hydrogen-bond acceptors (Lipinski definition) is 6. The first kappa shape index (κ1) is 16.7. The Kier molecular flexibility index (Phi) is 5.51. The van der Waals surface area contributed by atoms with Gasteiger partial charge in [-0.15, -0.1) is 0 Å². The number of rotatable bonds is 4. The molecule has 0 spiro atoms. The number of nitro benzene ring substituents is 1. The average Bonchev–Trinajstić information content (AvgIpc) is 2.55. The fourth-order valence-corrected chi connectivity index (χ4v) is 2.14. The lowest BCUT2D eigenvalue weighted by atomic mass is 10.2. The van der Waals surface area contributed by atoms with Gasteiger partial charge in [-0.3, -0.25) is 14.9 Å². The summed E-state index contributed by atoms with van der Waals surface area (Å²) in [7, 11) is 0. The smallest absolute Gasteiger partial charge is 0.289 e. The molecule has 1 N–H and O–H groups in total. The van der Waals surface area contributed by atoms with Crippen LogP contribution in [0.4, 0.5) is 11.4 Å². The Labute approximate surface area is 137 Å². The van der Waals surface area contributed by atoms with Crippen molar-refractivity contribution in [1.82, 2.24) is 4.90 Å². The minimum atomic E-state index is -0.646. The van der Waals surface area contributed by atoms with E-state index in [1.807, 2.05) is 11.0 Å². The second kappa shape index (κ2) is 7.58. The molecule has 1 aromatic carbocycles. The Bertz CT molecular complexity index is 693. The summed E-state index contributed by atoms with van der Waals surface area (Å²) in [4.78, 5) is 24.1. The summed E-state index contributed by atoms with van der Waals surface area (Å²) < 4.78 is 5.19. The monoisotopic (exact) mass is 336 g/mol. The fraction of sp³-hybridized carbons (Fsp3) is 0.286. The summed E-state index contributed by atoms with van der Waals surface area (Å²) in [6.07, 6.45) is 1.46. The van der Waals surface area contributed by atoms with Gasteiger partial charge in [0, 0.05) is 31.0 Å². The topological polar surface area (TPSA) is 108 Å². The molecule has 1 aliphatic rings. The minimum absolute atomic E-state index is 0.0302. The van der Waals surface area contributed by atoms with Gasteiger partial charge in [-0.2, -0.15) is 5.26 Å². The standard InChI is InChI=1S/C14H13ClN4O4/c15-12-2-1-11(7-13(12)19(21)22)17-14(20)10(8-16)9-18-3-5-23-6-4-18/h1-2,7,9H,3-6H2,(H,17,20)/b10-9-. The van der Waals surface area contributed by atoms with Crippen molar-refractivity contribution < 1.29 is 14.5 Å². The summed E-state index contributed by atoms with van der Waals surface area (Å²) in [6, 6.07) is 5.71. The van der Waals surface area contributed by atoms with E-state index in [-0.39, 0.29) is 22.0 Å². The zero-order valence-electron chi connectivity index (χ0n) is 12.0. The van der Waals surface area contributed by atoms with Gasteiger partial charge in [-0.25, -0.2) is 0 Å². The number of nitrogens with zero attached hydrogens (tertiary/aromatic N) is 3. The highest BCUT2D eigenvalue weighted by Gasteiger charge is 2.17. The zero-order valence-corrected chi connectivity index (χ0v) is 12.7. The van der Waals surface area contributed by atoms with Crippen molar-refractivity contribution in [1.29, 1.82) is 5.26 Å². The van der Waals surface area contributed by atoms with Crippen LogP contribution in [0, 0.1) is 21.4 Å². The van der Waals surface area contributed by atoms with Gasteiger partial charge in [0.1, 0.15) is 16.7 Å². The van der Waals surface area contributed by atoms with Crippen molar-refractivity contribution in [3.8, 4) is 6.07 Å². The Morgan fingerprint density at radius 2 is 2.17 bits per heavy atom. The molecular weight excluding hydrogens is 324 g/mol. The molecule has 0 bridgehead atoms. The Hall–Kier alpha value is -2.63. The molecule has 1 fully saturated rings. The van der Waals surface area contributed by atoms with Gasteiger partial charge in [0.15, 0.2) is 0 Å². The maximum absolute atomic E-state index is 12.1. The molecule has 1 heterocycles. The van der Waals surface area contributed by atoms with Crippen LogP contribution in [0.1, 0.15) is 0 Å². The van der Waals surface area contributed by atoms with Gasteiger partial charge < -0.3 is 15.0 Å². The second-order valence-corrected chi connectivity index (χ2v) is 5.09. The van der Waals surface area contributed by atoms with Crippen LogP contribution in [-0.4, -0.2) is 42.0 Å². The number of nitrogens with one attached hydrogen (secondary N) is 1. The van der Waals surface area contributed by atoms with Crippen LogP contribution >= 0.6 is 11.6 Å². The molecule has 1 aliphatic heterocycles. The van der Waals surface area contributed by atoms with Crippen LogP contribution in [0.15, 0.2) is 30.0 Å². The first-order valence-corrected chi connectivity index (χ1v) is 7.08. The molecule has 0 aromatic heterocycles. The highest BCUT2D eigenvalue weighted by molar-refractivity contribution is 6.32. The molecule has 9 heteroatoms. The molecule has 0 unspecified atom stereocenters. The number of hydrogen-bond donors (Lipinski definition) is 1. The Balaban J connectivity index is 2.13. The molecular formula is C14H13ClN4O4. The number of anilines is 1. The third-order valence-corrected chi connectivity index (χ3v) is 3.44. The molecule has 23 heavy (non-hydrogen) atoms. The van der Waals surface area contributed by atoms with Gasteiger partial charge in [-0.1, -0.05) is 11.6 Å². The lowest BCUT2D eigenvalue weighted by Gasteiger charge is -2.25. The Morgan fingerprint density at radius 3 is 2.78 bits per heavy atom. The van der Waals surface area contributed by atoms with E-state index in [4.69, 9.17) is 21.6 Å². The summed E-state index contributed by atoms with van der Waals surface area (Å²) in [6.45, 7) is 2.23. The number of carbonyl (C=O) groups excluding carboxylic acids is 1. The van der Waals surface area contributed by atoms with Crippen molar-refractivity contribution in [2.24, 2.45) is 0 Å². The van der Waals surface area contributed by atoms with E-state index in [0.29, 0.717) is 26.3 Å². The van der Waals surface area contributed by atoms with E-state index < -0.39 is 10.8 Å².